The molecular weight excluding hydrogens is 276 g/mol. The van der Waals surface area contributed by atoms with Gasteiger partial charge in [0.1, 0.15) is 0 Å². The Balaban J connectivity index is 0.00000147. The molecule has 1 unspecified atom stereocenters. The molecule has 4 nitrogen and oxygen atoms in total. The third-order valence-electron chi connectivity index (χ3n) is 3.78. The summed E-state index contributed by atoms with van der Waals surface area (Å²) in [4.78, 5) is 4.44. The van der Waals surface area contributed by atoms with Crippen molar-refractivity contribution in [3.63, 3.8) is 0 Å². The third-order valence-corrected chi connectivity index (χ3v) is 3.78. The summed E-state index contributed by atoms with van der Waals surface area (Å²) < 4.78 is 10.7. The van der Waals surface area contributed by atoms with Crippen LogP contribution < -0.4 is 14.8 Å². The summed E-state index contributed by atoms with van der Waals surface area (Å²) in [5.74, 6) is 2.04. The van der Waals surface area contributed by atoms with Gasteiger partial charge in [-0.3, -0.25) is 4.98 Å². The summed E-state index contributed by atoms with van der Waals surface area (Å²) in [6, 6.07) is 6.10. The minimum atomic E-state index is 0. The first-order chi connectivity index (χ1) is 9.33. The van der Waals surface area contributed by atoms with Gasteiger partial charge in [0, 0.05) is 24.2 Å². The number of methoxy groups -OCH3 is 2. The van der Waals surface area contributed by atoms with E-state index in [9.17, 15) is 0 Å². The van der Waals surface area contributed by atoms with Crippen LogP contribution >= 0.6 is 12.4 Å². The van der Waals surface area contributed by atoms with Crippen LogP contribution in [0, 0.1) is 0 Å². The number of rotatable bonds is 3. The van der Waals surface area contributed by atoms with Crippen molar-refractivity contribution >= 4 is 23.3 Å². The van der Waals surface area contributed by atoms with Crippen molar-refractivity contribution in [1.82, 2.24) is 10.3 Å². The zero-order valence-electron chi connectivity index (χ0n) is 11.7. The van der Waals surface area contributed by atoms with Crippen molar-refractivity contribution in [2.45, 2.75) is 12.3 Å². The van der Waals surface area contributed by atoms with Crippen LogP contribution in [0.25, 0.3) is 10.9 Å². The van der Waals surface area contributed by atoms with Gasteiger partial charge in [0.2, 0.25) is 0 Å². The van der Waals surface area contributed by atoms with Gasteiger partial charge in [0.25, 0.3) is 0 Å². The maximum Gasteiger partial charge on any atom is 0.162 e. The number of halogens is 1. The van der Waals surface area contributed by atoms with Crippen molar-refractivity contribution in [2.75, 3.05) is 27.3 Å². The quantitative estimate of drug-likeness (QED) is 0.945. The van der Waals surface area contributed by atoms with Gasteiger partial charge in [-0.2, -0.15) is 0 Å². The second-order valence-corrected chi connectivity index (χ2v) is 4.81. The van der Waals surface area contributed by atoms with Gasteiger partial charge in [0.15, 0.2) is 11.5 Å². The Hall–Kier alpha value is -1.52. The molecule has 5 heteroatoms. The molecule has 1 aliphatic rings. The lowest BCUT2D eigenvalue weighted by Crippen LogP contribution is -2.08. The molecule has 0 radical (unpaired) electrons. The molecule has 0 saturated carbocycles. The highest BCUT2D eigenvalue weighted by molar-refractivity contribution is 5.86. The fourth-order valence-corrected chi connectivity index (χ4v) is 2.77. The molecule has 0 spiro atoms. The first kappa shape index (κ1) is 14.9. The lowest BCUT2D eigenvalue weighted by molar-refractivity contribution is 0.355. The Morgan fingerprint density at radius 1 is 1.20 bits per heavy atom. The van der Waals surface area contributed by atoms with Gasteiger partial charge in [-0.15, -0.1) is 12.4 Å². The molecule has 0 bridgehead atoms. The average Bonchev–Trinajstić information content (AvgIpc) is 2.99. The Labute approximate surface area is 124 Å². The predicted molar refractivity (Wildman–Crippen MR) is 82.3 cm³/mol. The monoisotopic (exact) mass is 294 g/mol. The number of fused-ring (bicyclic) bond motifs is 1. The van der Waals surface area contributed by atoms with E-state index in [1.54, 1.807) is 14.2 Å². The minimum Gasteiger partial charge on any atom is -0.493 e. The van der Waals surface area contributed by atoms with Gasteiger partial charge >= 0.3 is 0 Å². The smallest absolute Gasteiger partial charge is 0.162 e. The largest absolute Gasteiger partial charge is 0.493 e. The Bertz CT molecular complexity index is 598. The molecule has 3 rings (SSSR count). The van der Waals surface area contributed by atoms with Crippen LogP contribution in [0.5, 0.6) is 11.5 Å². The summed E-state index contributed by atoms with van der Waals surface area (Å²) in [5, 5.41) is 4.57. The lowest BCUT2D eigenvalue weighted by atomic mass is 9.95. The van der Waals surface area contributed by atoms with Gasteiger partial charge < -0.3 is 14.8 Å². The molecule has 0 aliphatic carbocycles. The number of hydrogen-bond donors (Lipinski definition) is 1. The standard InChI is InChI=1S/C15H18N2O2.ClH/c1-18-14-7-12-11(10-3-5-16-9-10)4-6-17-13(12)8-15(14)19-2;/h4,6-8,10,16H,3,5,9H2,1-2H3;1H. The van der Waals surface area contributed by atoms with Crippen LogP contribution in [0.3, 0.4) is 0 Å². The van der Waals surface area contributed by atoms with E-state index in [-0.39, 0.29) is 12.4 Å². The molecule has 1 aromatic heterocycles. The second kappa shape index (κ2) is 6.29. The topological polar surface area (TPSA) is 43.4 Å². The van der Waals surface area contributed by atoms with Crippen LogP contribution in [0.2, 0.25) is 0 Å². The predicted octanol–water partition coefficient (Wildman–Crippen LogP) is 2.75. The molecule has 1 N–H and O–H groups in total. The minimum absolute atomic E-state index is 0. The number of nitrogens with zero attached hydrogens (tertiary/aromatic N) is 1. The molecule has 2 aromatic rings. The molecule has 1 aliphatic heterocycles. The van der Waals surface area contributed by atoms with E-state index >= 15 is 0 Å². The fraction of sp³-hybridized carbons (Fsp3) is 0.400. The average molecular weight is 295 g/mol. The molecule has 0 amide bonds. The van der Waals surface area contributed by atoms with Crippen molar-refractivity contribution in [1.29, 1.82) is 0 Å². The number of ether oxygens (including phenoxy) is 2. The summed E-state index contributed by atoms with van der Waals surface area (Å²) in [6.07, 6.45) is 3.05. The zero-order valence-corrected chi connectivity index (χ0v) is 12.5. The molecule has 108 valence electrons. The van der Waals surface area contributed by atoms with Crippen LogP contribution in [-0.2, 0) is 0 Å². The zero-order chi connectivity index (χ0) is 13.2. The summed E-state index contributed by atoms with van der Waals surface area (Å²) in [6.45, 7) is 2.12. The highest BCUT2D eigenvalue weighted by atomic mass is 35.5. The molecule has 1 saturated heterocycles. The Morgan fingerprint density at radius 3 is 2.60 bits per heavy atom. The molecule has 2 heterocycles. The van der Waals surface area contributed by atoms with E-state index in [0.29, 0.717) is 5.92 Å². The number of aromatic nitrogens is 1. The maximum absolute atomic E-state index is 5.39. The van der Waals surface area contributed by atoms with Crippen LogP contribution in [0.15, 0.2) is 24.4 Å². The molecule has 1 atom stereocenters. The van der Waals surface area contributed by atoms with E-state index in [1.807, 2.05) is 18.3 Å². The number of hydrogen-bond acceptors (Lipinski definition) is 4. The molecule has 1 fully saturated rings. The van der Waals surface area contributed by atoms with E-state index in [1.165, 1.54) is 12.0 Å². The van der Waals surface area contributed by atoms with Crippen LogP contribution in [-0.4, -0.2) is 32.3 Å². The van der Waals surface area contributed by atoms with Gasteiger partial charge in [-0.05, 0) is 36.6 Å². The van der Waals surface area contributed by atoms with Gasteiger partial charge in [-0.25, -0.2) is 0 Å². The van der Waals surface area contributed by atoms with Crippen molar-refractivity contribution in [3.05, 3.63) is 30.0 Å². The number of pyridine rings is 1. The molecule has 20 heavy (non-hydrogen) atoms. The maximum atomic E-state index is 5.39. The van der Waals surface area contributed by atoms with Crippen LogP contribution in [0.4, 0.5) is 0 Å². The third kappa shape index (κ3) is 2.53. The van der Waals surface area contributed by atoms with E-state index in [0.717, 1.165) is 35.5 Å². The molecular formula is C15H19ClN2O2. The Kier molecular flexibility index (Phi) is 4.68. The second-order valence-electron chi connectivity index (χ2n) is 4.81. The first-order valence-corrected chi connectivity index (χ1v) is 6.55. The van der Waals surface area contributed by atoms with E-state index in [2.05, 4.69) is 16.4 Å². The van der Waals surface area contributed by atoms with Gasteiger partial charge in [0.05, 0.1) is 19.7 Å². The summed E-state index contributed by atoms with van der Waals surface area (Å²) in [5.41, 5.74) is 2.30. The first-order valence-electron chi connectivity index (χ1n) is 6.55. The number of nitrogens with one attached hydrogen (secondary N) is 1. The summed E-state index contributed by atoms with van der Waals surface area (Å²) in [7, 11) is 3.31. The van der Waals surface area contributed by atoms with Gasteiger partial charge in [-0.1, -0.05) is 0 Å². The lowest BCUT2D eigenvalue weighted by Gasteiger charge is -2.14. The van der Waals surface area contributed by atoms with Crippen LogP contribution in [0.1, 0.15) is 17.9 Å². The van der Waals surface area contributed by atoms with Crippen molar-refractivity contribution in [3.8, 4) is 11.5 Å². The molecule has 1 aromatic carbocycles. The van der Waals surface area contributed by atoms with Crippen molar-refractivity contribution in [2.24, 2.45) is 0 Å². The number of benzene rings is 1. The highest BCUT2D eigenvalue weighted by Crippen LogP contribution is 2.35. The van der Waals surface area contributed by atoms with E-state index in [4.69, 9.17) is 9.47 Å². The summed E-state index contributed by atoms with van der Waals surface area (Å²) >= 11 is 0. The fourth-order valence-electron chi connectivity index (χ4n) is 2.77. The van der Waals surface area contributed by atoms with E-state index < -0.39 is 0 Å². The SMILES string of the molecule is COc1cc2nccc(C3CCNC3)c2cc1OC.Cl. The van der Waals surface area contributed by atoms with Crippen molar-refractivity contribution < 1.29 is 9.47 Å². The Morgan fingerprint density at radius 2 is 1.95 bits per heavy atom. The normalized spacial score (nSPS) is 17.8. The highest BCUT2D eigenvalue weighted by Gasteiger charge is 2.20.